The van der Waals surface area contributed by atoms with E-state index in [0.29, 0.717) is 6.54 Å². The number of carbonyl (C=O) groups excluding carboxylic acids is 1. The molecule has 5 nitrogen and oxygen atoms in total. The highest BCUT2D eigenvalue weighted by molar-refractivity contribution is 5.67. The molecule has 1 saturated carbocycles. The van der Waals surface area contributed by atoms with Crippen LogP contribution in [0.25, 0.3) is 0 Å². The third-order valence-electron chi connectivity index (χ3n) is 2.97. The molecule has 1 aliphatic rings. The van der Waals surface area contributed by atoms with Crippen molar-refractivity contribution in [3.8, 4) is 0 Å². The smallest absolute Gasteiger partial charge is 0.410 e. The number of rotatable bonds is 3. The maximum absolute atomic E-state index is 11.7. The molecule has 0 bridgehead atoms. The van der Waals surface area contributed by atoms with Crippen molar-refractivity contribution in [3.05, 3.63) is 17.5 Å². The molecule has 16 heavy (non-hydrogen) atoms. The highest BCUT2D eigenvalue weighted by atomic mass is 16.6. The fourth-order valence-corrected chi connectivity index (χ4v) is 1.58. The lowest BCUT2D eigenvalue weighted by atomic mass is 9.96. The Morgan fingerprint density at radius 3 is 2.94 bits per heavy atom. The summed E-state index contributed by atoms with van der Waals surface area (Å²) in [7, 11) is 1.74. The van der Waals surface area contributed by atoms with Crippen LogP contribution in [0.2, 0.25) is 0 Å². The van der Waals surface area contributed by atoms with Gasteiger partial charge in [0, 0.05) is 18.3 Å². The summed E-state index contributed by atoms with van der Waals surface area (Å²) in [5, 5.41) is 6.77. The lowest BCUT2D eigenvalue weighted by Gasteiger charge is -2.27. The summed E-state index contributed by atoms with van der Waals surface area (Å²) < 4.78 is 5.29. The Morgan fingerprint density at radius 1 is 1.69 bits per heavy atom. The van der Waals surface area contributed by atoms with Gasteiger partial charge in [0.2, 0.25) is 0 Å². The number of hydrogen-bond acceptors (Lipinski definition) is 3. The maximum Gasteiger partial charge on any atom is 0.410 e. The lowest BCUT2D eigenvalue weighted by Crippen LogP contribution is -2.33. The number of nitrogens with one attached hydrogen (secondary N) is 1. The Kier molecular flexibility index (Phi) is 3.12. The summed E-state index contributed by atoms with van der Waals surface area (Å²) >= 11 is 0. The molecule has 2 rings (SSSR count). The number of hydrogen-bond donors (Lipinski definition) is 1. The van der Waals surface area contributed by atoms with Crippen LogP contribution in [0.15, 0.2) is 6.20 Å². The van der Waals surface area contributed by atoms with Crippen LogP contribution in [0.4, 0.5) is 4.79 Å². The SMILES string of the molecule is Cc1[nH]ncc1CN(C)C(=O)OC1CCC1. The molecule has 1 amide bonds. The largest absolute Gasteiger partial charge is 0.446 e. The van der Waals surface area contributed by atoms with Crippen molar-refractivity contribution in [1.29, 1.82) is 0 Å². The molecule has 88 valence electrons. The van der Waals surface area contributed by atoms with Crippen molar-refractivity contribution >= 4 is 6.09 Å². The molecule has 0 aromatic carbocycles. The van der Waals surface area contributed by atoms with Crippen LogP contribution in [0.5, 0.6) is 0 Å². The van der Waals surface area contributed by atoms with Crippen molar-refractivity contribution in [2.24, 2.45) is 0 Å². The molecule has 0 radical (unpaired) electrons. The molecule has 0 atom stereocenters. The maximum atomic E-state index is 11.7. The summed E-state index contributed by atoms with van der Waals surface area (Å²) in [5.74, 6) is 0. The third-order valence-corrected chi connectivity index (χ3v) is 2.97. The monoisotopic (exact) mass is 223 g/mol. The van der Waals surface area contributed by atoms with Crippen LogP contribution in [0.3, 0.4) is 0 Å². The van der Waals surface area contributed by atoms with Crippen molar-refractivity contribution < 1.29 is 9.53 Å². The second kappa shape index (κ2) is 4.55. The number of H-pyrrole nitrogens is 1. The van der Waals surface area contributed by atoms with E-state index in [1.54, 1.807) is 18.1 Å². The van der Waals surface area contributed by atoms with Gasteiger partial charge in [0.05, 0.1) is 12.7 Å². The highest BCUT2D eigenvalue weighted by Crippen LogP contribution is 2.22. The highest BCUT2D eigenvalue weighted by Gasteiger charge is 2.23. The van der Waals surface area contributed by atoms with E-state index >= 15 is 0 Å². The van der Waals surface area contributed by atoms with Crippen LogP contribution in [0.1, 0.15) is 30.5 Å². The zero-order valence-corrected chi connectivity index (χ0v) is 9.69. The number of aryl methyl sites for hydroxylation is 1. The van der Waals surface area contributed by atoms with Gasteiger partial charge in [-0.05, 0) is 26.2 Å². The second-order valence-electron chi connectivity index (χ2n) is 4.31. The van der Waals surface area contributed by atoms with E-state index in [0.717, 1.165) is 24.1 Å². The van der Waals surface area contributed by atoms with E-state index in [1.807, 2.05) is 6.92 Å². The van der Waals surface area contributed by atoms with E-state index in [1.165, 1.54) is 6.42 Å². The molecule has 0 saturated heterocycles. The normalized spacial score (nSPS) is 15.6. The summed E-state index contributed by atoms with van der Waals surface area (Å²) in [6.45, 7) is 2.47. The van der Waals surface area contributed by atoms with Gasteiger partial charge in [0.25, 0.3) is 0 Å². The fraction of sp³-hybridized carbons (Fsp3) is 0.636. The van der Waals surface area contributed by atoms with E-state index in [4.69, 9.17) is 4.74 Å². The number of nitrogens with zero attached hydrogens (tertiary/aromatic N) is 2. The van der Waals surface area contributed by atoms with Gasteiger partial charge >= 0.3 is 6.09 Å². The summed E-state index contributed by atoms with van der Waals surface area (Å²) in [6.07, 6.45) is 4.81. The van der Waals surface area contributed by atoms with Gasteiger partial charge in [0.1, 0.15) is 6.10 Å². The number of aromatic amines is 1. The van der Waals surface area contributed by atoms with Gasteiger partial charge < -0.3 is 9.64 Å². The standard InChI is InChI=1S/C11H17N3O2/c1-8-9(6-12-13-8)7-14(2)11(15)16-10-4-3-5-10/h6,10H,3-5,7H2,1-2H3,(H,12,13). The van der Waals surface area contributed by atoms with Gasteiger partial charge in [-0.1, -0.05) is 0 Å². The van der Waals surface area contributed by atoms with E-state index in [2.05, 4.69) is 10.2 Å². The Hall–Kier alpha value is -1.52. The van der Waals surface area contributed by atoms with Crippen molar-refractivity contribution in [2.75, 3.05) is 7.05 Å². The molecule has 1 aromatic heterocycles. The summed E-state index contributed by atoms with van der Waals surface area (Å²) in [4.78, 5) is 13.2. The first-order valence-electron chi connectivity index (χ1n) is 5.57. The molecule has 0 spiro atoms. The summed E-state index contributed by atoms with van der Waals surface area (Å²) in [6, 6.07) is 0. The number of amides is 1. The Bertz CT molecular complexity index is 371. The molecule has 1 fully saturated rings. The molecule has 1 heterocycles. The Morgan fingerprint density at radius 2 is 2.44 bits per heavy atom. The van der Waals surface area contributed by atoms with Crippen molar-refractivity contribution in [2.45, 2.75) is 38.8 Å². The van der Waals surface area contributed by atoms with Crippen molar-refractivity contribution in [1.82, 2.24) is 15.1 Å². The minimum atomic E-state index is -0.245. The Balaban J connectivity index is 1.84. The number of ether oxygens (including phenoxy) is 1. The van der Waals surface area contributed by atoms with Crippen LogP contribution < -0.4 is 0 Å². The van der Waals surface area contributed by atoms with Crippen molar-refractivity contribution in [3.63, 3.8) is 0 Å². The predicted octanol–water partition coefficient (Wildman–Crippen LogP) is 1.84. The predicted molar refractivity (Wildman–Crippen MR) is 58.9 cm³/mol. The molecule has 1 aliphatic carbocycles. The molecule has 0 unspecified atom stereocenters. The fourth-order valence-electron chi connectivity index (χ4n) is 1.58. The number of carbonyl (C=O) groups is 1. The van der Waals surface area contributed by atoms with Crippen LogP contribution in [0, 0.1) is 6.92 Å². The third kappa shape index (κ3) is 2.35. The van der Waals surface area contributed by atoms with Gasteiger partial charge in [-0.25, -0.2) is 4.79 Å². The first-order chi connectivity index (χ1) is 7.66. The molecular weight excluding hydrogens is 206 g/mol. The van der Waals surface area contributed by atoms with Gasteiger partial charge in [0.15, 0.2) is 0 Å². The topological polar surface area (TPSA) is 58.2 Å². The zero-order chi connectivity index (χ0) is 11.5. The van der Waals surface area contributed by atoms with Crippen LogP contribution in [-0.4, -0.2) is 34.3 Å². The zero-order valence-electron chi connectivity index (χ0n) is 9.69. The quantitative estimate of drug-likeness (QED) is 0.850. The minimum Gasteiger partial charge on any atom is -0.446 e. The minimum absolute atomic E-state index is 0.139. The molecule has 5 heteroatoms. The first-order valence-corrected chi connectivity index (χ1v) is 5.57. The molecule has 1 N–H and O–H groups in total. The first kappa shape index (κ1) is 11.0. The second-order valence-corrected chi connectivity index (χ2v) is 4.31. The molecule has 1 aromatic rings. The van der Waals surface area contributed by atoms with E-state index in [9.17, 15) is 4.79 Å². The van der Waals surface area contributed by atoms with Gasteiger partial charge in [-0.2, -0.15) is 5.10 Å². The molecular formula is C11H17N3O2. The van der Waals surface area contributed by atoms with Gasteiger partial charge in [-0.3, -0.25) is 5.10 Å². The summed E-state index contributed by atoms with van der Waals surface area (Å²) in [5.41, 5.74) is 2.01. The van der Waals surface area contributed by atoms with Crippen LogP contribution >= 0.6 is 0 Å². The van der Waals surface area contributed by atoms with Crippen LogP contribution in [-0.2, 0) is 11.3 Å². The van der Waals surface area contributed by atoms with Gasteiger partial charge in [-0.15, -0.1) is 0 Å². The van der Waals surface area contributed by atoms with E-state index in [-0.39, 0.29) is 12.2 Å². The molecule has 0 aliphatic heterocycles. The van der Waals surface area contributed by atoms with E-state index < -0.39 is 0 Å². The lowest BCUT2D eigenvalue weighted by molar-refractivity contribution is 0.0301. The average molecular weight is 223 g/mol. The average Bonchev–Trinajstić information content (AvgIpc) is 2.58. The number of aromatic nitrogens is 2. The Labute approximate surface area is 94.8 Å².